The fraction of sp³-hybridized carbons (Fsp3) is 0.615. The van der Waals surface area contributed by atoms with Crippen molar-refractivity contribution in [3.05, 3.63) is 29.9 Å². The number of likely N-dealkylation sites (tertiary alicyclic amines) is 1. The molecular formula is C13H19N5O. The van der Waals surface area contributed by atoms with Gasteiger partial charge in [0.25, 0.3) is 0 Å². The average molecular weight is 261 g/mol. The third kappa shape index (κ3) is 2.68. The Balaban J connectivity index is 1.66. The summed E-state index contributed by atoms with van der Waals surface area (Å²) in [5.74, 6) is 1.89. The molecule has 1 unspecified atom stereocenters. The summed E-state index contributed by atoms with van der Waals surface area (Å²) < 4.78 is 7.16. The van der Waals surface area contributed by atoms with E-state index in [4.69, 9.17) is 4.52 Å². The first-order valence-corrected chi connectivity index (χ1v) is 6.70. The lowest BCUT2D eigenvalue weighted by Crippen LogP contribution is -2.34. The first-order chi connectivity index (χ1) is 9.22. The Morgan fingerprint density at radius 3 is 3.05 bits per heavy atom. The van der Waals surface area contributed by atoms with Gasteiger partial charge in [-0.3, -0.25) is 4.90 Å². The van der Waals surface area contributed by atoms with Crippen molar-refractivity contribution >= 4 is 0 Å². The van der Waals surface area contributed by atoms with Crippen molar-refractivity contribution in [3.8, 4) is 0 Å². The molecular weight excluding hydrogens is 242 g/mol. The molecule has 1 fully saturated rings. The maximum absolute atomic E-state index is 5.08. The summed E-state index contributed by atoms with van der Waals surface area (Å²) >= 11 is 0. The molecule has 0 radical (unpaired) electrons. The molecule has 0 bridgehead atoms. The molecule has 1 aliphatic heterocycles. The fourth-order valence-corrected chi connectivity index (χ4v) is 2.66. The zero-order chi connectivity index (χ0) is 13.2. The van der Waals surface area contributed by atoms with Crippen molar-refractivity contribution in [3.63, 3.8) is 0 Å². The van der Waals surface area contributed by atoms with Gasteiger partial charge < -0.3 is 9.09 Å². The molecule has 2 aromatic rings. The summed E-state index contributed by atoms with van der Waals surface area (Å²) in [5.41, 5.74) is 1.24. The van der Waals surface area contributed by atoms with Gasteiger partial charge in [-0.2, -0.15) is 4.98 Å². The Bertz CT molecular complexity index is 547. The van der Waals surface area contributed by atoms with E-state index in [1.807, 2.05) is 26.5 Å². The summed E-state index contributed by atoms with van der Waals surface area (Å²) in [6, 6.07) is 0. The third-order valence-corrected chi connectivity index (χ3v) is 3.72. The molecule has 0 N–H and O–H groups in total. The van der Waals surface area contributed by atoms with Crippen LogP contribution in [0.4, 0.5) is 0 Å². The van der Waals surface area contributed by atoms with Crippen LogP contribution in [0.2, 0.25) is 0 Å². The molecule has 0 aromatic carbocycles. The van der Waals surface area contributed by atoms with Crippen molar-refractivity contribution in [2.45, 2.75) is 32.2 Å². The highest BCUT2D eigenvalue weighted by molar-refractivity contribution is 5.01. The van der Waals surface area contributed by atoms with Crippen molar-refractivity contribution in [1.82, 2.24) is 24.6 Å². The quantitative estimate of drug-likeness (QED) is 0.837. The monoisotopic (exact) mass is 261 g/mol. The van der Waals surface area contributed by atoms with Gasteiger partial charge in [-0.1, -0.05) is 5.16 Å². The Hall–Kier alpha value is -1.69. The van der Waals surface area contributed by atoms with E-state index in [-0.39, 0.29) is 0 Å². The highest BCUT2D eigenvalue weighted by atomic mass is 16.5. The average Bonchev–Trinajstić information content (AvgIpc) is 3.00. The minimum absolute atomic E-state index is 0.388. The van der Waals surface area contributed by atoms with Crippen molar-refractivity contribution in [2.24, 2.45) is 7.05 Å². The maximum Gasteiger partial charge on any atom is 0.223 e. The summed E-state index contributed by atoms with van der Waals surface area (Å²) in [4.78, 5) is 11.0. The highest BCUT2D eigenvalue weighted by Gasteiger charge is 2.25. The Morgan fingerprint density at radius 1 is 1.47 bits per heavy atom. The van der Waals surface area contributed by atoms with Crippen LogP contribution in [-0.4, -0.2) is 37.7 Å². The number of hydrogen-bond acceptors (Lipinski definition) is 5. The van der Waals surface area contributed by atoms with E-state index >= 15 is 0 Å². The van der Waals surface area contributed by atoms with Crippen LogP contribution in [0.15, 0.2) is 17.0 Å². The van der Waals surface area contributed by atoms with E-state index < -0.39 is 0 Å². The van der Waals surface area contributed by atoms with E-state index in [1.165, 1.54) is 12.1 Å². The normalized spacial score (nSPS) is 20.8. The van der Waals surface area contributed by atoms with Gasteiger partial charge in [-0.05, 0) is 19.4 Å². The van der Waals surface area contributed by atoms with Gasteiger partial charge in [-0.15, -0.1) is 0 Å². The first-order valence-electron chi connectivity index (χ1n) is 6.70. The predicted octanol–water partition coefficient (Wildman–Crippen LogP) is 1.49. The van der Waals surface area contributed by atoms with Crippen LogP contribution in [0.25, 0.3) is 0 Å². The SMILES string of the molecule is Cc1nc(C2CCCN(Cc3cncn3C)C2)no1. The molecule has 0 saturated carbocycles. The van der Waals surface area contributed by atoms with E-state index in [0.717, 1.165) is 31.9 Å². The molecule has 1 atom stereocenters. The van der Waals surface area contributed by atoms with E-state index in [9.17, 15) is 0 Å². The highest BCUT2D eigenvalue weighted by Crippen LogP contribution is 2.25. The van der Waals surface area contributed by atoms with Gasteiger partial charge in [0.05, 0.1) is 12.0 Å². The topological polar surface area (TPSA) is 60.0 Å². The third-order valence-electron chi connectivity index (χ3n) is 3.72. The summed E-state index contributed by atoms with van der Waals surface area (Å²) in [5, 5.41) is 4.06. The van der Waals surface area contributed by atoms with Gasteiger partial charge in [-0.25, -0.2) is 4.98 Å². The lowest BCUT2D eigenvalue weighted by atomic mass is 9.97. The van der Waals surface area contributed by atoms with Crippen LogP contribution in [0.1, 0.15) is 36.2 Å². The summed E-state index contributed by atoms with van der Waals surface area (Å²) in [7, 11) is 2.03. The van der Waals surface area contributed by atoms with Crippen LogP contribution in [0.3, 0.4) is 0 Å². The summed E-state index contributed by atoms with van der Waals surface area (Å²) in [6.07, 6.45) is 6.10. The molecule has 19 heavy (non-hydrogen) atoms. The second-order valence-corrected chi connectivity index (χ2v) is 5.24. The molecule has 102 valence electrons. The molecule has 6 nitrogen and oxygen atoms in total. The van der Waals surface area contributed by atoms with Crippen molar-refractivity contribution in [2.75, 3.05) is 13.1 Å². The van der Waals surface area contributed by atoms with Crippen molar-refractivity contribution < 1.29 is 4.52 Å². The predicted molar refractivity (Wildman–Crippen MR) is 69.5 cm³/mol. The minimum atomic E-state index is 0.388. The number of hydrogen-bond donors (Lipinski definition) is 0. The minimum Gasteiger partial charge on any atom is -0.340 e. The maximum atomic E-state index is 5.08. The molecule has 0 aliphatic carbocycles. The van der Waals surface area contributed by atoms with Gasteiger partial charge >= 0.3 is 0 Å². The molecule has 3 heterocycles. The molecule has 1 aliphatic rings. The Kier molecular flexibility index (Phi) is 3.33. The second-order valence-electron chi connectivity index (χ2n) is 5.24. The second kappa shape index (κ2) is 5.13. The van der Waals surface area contributed by atoms with Gasteiger partial charge in [0.1, 0.15) is 0 Å². The van der Waals surface area contributed by atoms with Gasteiger partial charge in [0, 0.05) is 39.2 Å². The van der Waals surface area contributed by atoms with Crippen LogP contribution < -0.4 is 0 Å². The number of aryl methyl sites for hydroxylation is 2. The van der Waals surface area contributed by atoms with Gasteiger partial charge in [0.2, 0.25) is 5.89 Å². The zero-order valence-electron chi connectivity index (χ0n) is 11.4. The molecule has 3 rings (SSSR count). The Labute approximate surface area is 112 Å². The van der Waals surface area contributed by atoms with Crippen LogP contribution in [0, 0.1) is 6.92 Å². The lowest BCUT2D eigenvalue weighted by molar-refractivity contribution is 0.191. The van der Waals surface area contributed by atoms with Crippen LogP contribution >= 0.6 is 0 Å². The number of nitrogens with zero attached hydrogens (tertiary/aromatic N) is 5. The number of rotatable bonds is 3. The molecule has 2 aromatic heterocycles. The van der Waals surface area contributed by atoms with Crippen molar-refractivity contribution in [1.29, 1.82) is 0 Å². The van der Waals surface area contributed by atoms with E-state index in [1.54, 1.807) is 0 Å². The number of aromatic nitrogens is 4. The number of piperidine rings is 1. The number of imidazole rings is 1. The molecule has 0 amide bonds. The summed E-state index contributed by atoms with van der Waals surface area (Å²) in [6.45, 7) is 4.89. The standard InChI is InChI=1S/C13H19N5O/c1-10-15-13(16-19-10)11-4-3-5-18(7-11)8-12-6-14-9-17(12)2/h6,9,11H,3-5,7-8H2,1-2H3. The van der Waals surface area contributed by atoms with Crippen LogP contribution in [-0.2, 0) is 13.6 Å². The van der Waals surface area contributed by atoms with Crippen LogP contribution in [0.5, 0.6) is 0 Å². The van der Waals surface area contributed by atoms with Gasteiger partial charge in [0.15, 0.2) is 5.82 Å². The smallest absolute Gasteiger partial charge is 0.223 e. The Morgan fingerprint density at radius 2 is 2.37 bits per heavy atom. The molecule has 1 saturated heterocycles. The largest absolute Gasteiger partial charge is 0.340 e. The zero-order valence-corrected chi connectivity index (χ0v) is 11.4. The van der Waals surface area contributed by atoms with E-state index in [0.29, 0.717) is 11.8 Å². The van der Waals surface area contributed by atoms with E-state index in [2.05, 4.69) is 24.6 Å². The molecule has 6 heteroatoms. The lowest BCUT2D eigenvalue weighted by Gasteiger charge is -2.31. The molecule has 0 spiro atoms. The first kappa shape index (κ1) is 12.3. The fourth-order valence-electron chi connectivity index (χ4n) is 2.66.